The van der Waals surface area contributed by atoms with Crippen molar-refractivity contribution in [2.45, 2.75) is 27.2 Å². The van der Waals surface area contributed by atoms with Crippen LogP contribution in [0, 0.1) is 5.82 Å². The molecule has 0 radical (unpaired) electrons. The van der Waals surface area contributed by atoms with Crippen molar-refractivity contribution in [3.63, 3.8) is 0 Å². The van der Waals surface area contributed by atoms with E-state index in [1.165, 1.54) is 6.07 Å². The fourth-order valence-corrected chi connectivity index (χ4v) is 3.57. The Labute approximate surface area is 244 Å². The summed E-state index contributed by atoms with van der Waals surface area (Å²) in [5, 5.41) is 0. The van der Waals surface area contributed by atoms with Gasteiger partial charge >= 0.3 is 17.9 Å². The first-order chi connectivity index (χ1) is 20.1. The van der Waals surface area contributed by atoms with E-state index in [0.29, 0.717) is 39.5 Å². The minimum Gasteiger partial charge on any atom is -0.486 e. The maximum atomic E-state index is 15.2. The van der Waals surface area contributed by atoms with Crippen LogP contribution < -0.4 is 14.2 Å². The van der Waals surface area contributed by atoms with Crippen molar-refractivity contribution in [1.82, 2.24) is 0 Å². The predicted molar refractivity (Wildman–Crippen MR) is 156 cm³/mol. The van der Waals surface area contributed by atoms with Crippen LogP contribution in [0.2, 0.25) is 0 Å². The molecule has 0 saturated heterocycles. The molecule has 0 aliphatic heterocycles. The first kappa shape index (κ1) is 31.6. The Morgan fingerprint density at radius 2 is 1.21 bits per heavy atom. The number of ether oxygens (including phenoxy) is 5. The van der Waals surface area contributed by atoms with E-state index in [1.54, 1.807) is 75.4 Å². The van der Waals surface area contributed by atoms with Gasteiger partial charge in [-0.3, -0.25) is 4.79 Å². The lowest BCUT2D eigenvalue weighted by atomic mass is 9.99. The summed E-state index contributed by atoms with van der Waals surface area (Å²) in [7, 11) is 0. The third-order valence-electron chi connectivity index (χ3n) is 5.78. The van der Waals surface area contributed by atoms with Crippen molar-refractivity contribution in [2.75, 3.05) is 26.4 Å². The standard InChI is InChI=1S/C33H33FO8/c1-6-31(35)42-26-11-7-23(8-12-26)27-13-9-24(19-28(27)34)25-10-14-29(38-15-17-40-32(36)21(2)3)30(20-25)39-16-18-41-33(37)22(4)5/h7-14,19-20H,2,4,6,15-18H2,1,3,5H3. The van der Waals surface area contributed by atoms with Crippen LogP contribution in [0.4, 0.5) is 4.39 Å². The molecule has 3 aromatic carbocycles. The lowest BCUT2D eigenvalue weighted by molar-refractivity contribution is -0.140. The van der Waals surface area contributed by atoms with Crippen LogP contribution in [0.25, 0.3) is 22.3 Å². The van der Waals surface area contributed by atoms with E-state index in [2.05, 4.69) is 13.2 Å². The van der Waals surface area contributed by atoms with Crippen LogP contribution in [0.3, 0.4) is 0 Å². The van der Waals surface area contributed by atoms with Crippen LogP contribution in [0.5, 0.6) is 17.2 Å². The lowest BCUT2D eigenvalue weighted by Gasteiger charge is -2.15. The number of carbonyl (C=O) groups is 3. The van der Waals surface area contributed by atoms with E-state index >= 15 is 4.39 Å². The molecule has 0 aliphatic carbocycles. The van der Waals surface area contributed by atoms with Crippen LogP contribution in [-0.2, 0) is 23.9 Å². The topological polar surface area (TPSA) is 97.4 Å². The van der Waals surface area contributed by atoms with Crippen molar-refractivity contribution >= 4 is 17.9 Å². The molecule has 0 saturated carbocycles. The highest BCUT2D eigenvalue weighted by Crippen LogP contribution is 2.35. The predicted octanol–water partition coefficient (Wildman–Crippen LogP) is 6.47. The van der Waals surface area contributed by atoms with Crippen LogP contribution in [0.1, 0.15) is 27.2 Å². The molecule has 0 spiro atoms. The molecule has 9 heteroatoms. The second kappa shape index (κ2) is 15.2. The Kier molecular flexibility index (Phi) is 11.4. The summed E-state index contributed by atoms with van der Waals surface area (Å²) >= 11 is 0. The van der Waals surface area contributed by atoms with Gasteiger partial charge in [0.1, 0.15) is 38.0 Å². The minimum atomic E-state index is -0.532. The lowest BCUT2D eigenvalue weighted by Crippen LogP contribution is -2.14. The average molecular weight is 577 g/mol. The SMILES string of the molecule is C=C(C)C(=O)OCCOc1ccc(-c2ccc(-c3ccc(OC(=O)CC)cc3)c(F)c2)cc1OCCOC(=O)C(=C)C. The van der Waals surface area contributed by atoms with Crippen molar-refractivity contribution in [1.29, 1.82) is 0 Å². The smallest absolute Gasteiger partial charge is 0.333 e. The van der Waals surface area contributed by atoms with Crippen molar-refractivity contribution in [3.8, 4) is 39.5 Å². The Morgan fingerprint density at radius 3 is 1.76 bits per heavy atom. The van der Waals surface area contributed by atoms with Gasteiger partial charge in [0.05, 0.1) is 0 Å². The van der Waals surface area contributed by atoms with Gasteiger partial charge in [-0.2, -0.15) is 0 Å². The highest BCUT2D eigenvalue weighted by atomic mass is 19.1. The first-order valence-corrected chi connectivity index (χ1v) is 13.2. The normalized spacial score (nSPS) is 10.4. The molecule has 0 aliphatic rings. The monoisotopic (exact) mass is 576 g/mol. The summed E-state index contributed by atoms with van der Waals surface area (Å²) in [4.78, 5) is 34.8. The maximum Gasteiger partial charge on any atom is 0.333 e. The zero-order valence-electron chi connectivity index (χ0n) is 23.9. The molecule has 0 amide bonds. The summed E-state index contributed by atoms with van der Waals surface area (Å²) in [6.45, 7) is 11.9. The third-order valence-corrected chi connectivity index (χ3v) is 5.78. The Balaban J connectivity index is 1.78. The number of rotatable bonds is 14. The van der Waals surface area contributed by atoms with E-state index in [4.69, 9.17) is 23.7 Å². The van der Waals surface area contributed by atoms with Gasteiger partial charge in [-0.05, 0) is 60.9 Å². The summed E-state index contributed by atoms with van der Waals surface area (Å²) < 4.78 is 42.2. The third kappa shape index (κ3) is 9.05. The van der Waals surface area contributed by atoms with Crippen LogP contribution in [-0.4, -0.2) is 44.3 Å². The number of hydrogen-bond acceptors (Lipinski definition) is 8. The quantitative estimate of drug-likeness (QED) is 0.0932. The van der Waals surface area contributed by atoms with E-state index in [-0.39, 0.29) is 50.0 Å². The van der Waals surface area contributed by atoms with Gasteiger partial charge in [-0.15, -0.1) is 0 Å². The van der Waals surface area contributed by atoms with Gasteiger partial charge in [0.15, 0.2) is 11.5 Å². The largest absolute Gasteiger partial charge is 0.486 e. The molecule has 0 heterocycles. The number of carbonyl (C=O) groups excluding carboxylic acids is 3. The van der Waals surface area contributed by atoms with Gasteiger partial charge in [-0.25, -0.2) is 14.0 Å². The summed E-state index contributed by atoms with van der Waals surface area (Å²) in [5.41, 5.74) is 2.79. The van der Waals surface area contributed by atoms with E-state index in [1.807, 2.05) is 0 Å². The van der Waals surface area contributed by atoms with Gasteiger partial charge in [0.2, 0.25) is 0 Å². The Bertz CT molecular complexity index is 1460. The highest BCUT2D eigenvalue weighted by Gasteiger charge is 2.13. The molecule has 0 unspecified atom stereocenters. The summed E-state index contributed by atoms with van der Waals surface area (Å²) in [6, 6.07) is 16.5. The molecule has 3 aromatic rings. The molecule has 0 fully saturated rings. The fourth-order valence-electron chi connectivity index (χ4n) is 3.57. The molecule has 42 heavy (non-hydrogen) atoms. The zero-order valence-corrected chi connectivity index (χ0v) is 23.9. The first-order valence-electron chi connectivity index (χ1n) is 13.2. The molecule has 220 valence electrons. The molecular formula is C33H33FO8. The number of esters is 3. The number of benzene rings is 3. The fraction of sp³-hybridized carbons (Fsp3) is 0.242. The zero-order chi connectivity index (χ0) is 30.6. The molecule has 0 bridgehead atoms. The molecule has 0 atom stereocenters. The molecule has 0 aromatic heterocycles. The van der Waals surface area contributed by atoms with Gasteiger partial charge in [0.25, 0.3) is 0 Å². The van der Waals surface area contributed by atoms with Crippen molar-refractivity contribution in [2.24, 2.45) is 0 Å². The van der Waals surface area contributed by atoms with Crippen LogP contribution in [0.15, 0.2) is 85.0 Å². The molecular weight excluding hydrogens is 543 g/mol. The second-order valence-corrected chi connectivity index (χ2v) is 9.24. The van der Waals surface area contributed by atoms with Crippen LogP contribution >= 0.6 is 0 Å². The Hall–Kier alpha value is -4.92. The highest BCUT2D eigenvalue weighted by molar-refractivity contribution is 5.87. The number of hydrogen-bond donors (Lipinski definition) is 0. The van der Waals surface area contributed by atoms with Gasteiger partial charge in [0, 0.05) is 23.1 Å². The van der Waals surface area contributed by atoms with E-state index < -0.39 is 17.8 Å². The molecule has 3 rings (SSSR count). The average Bonchev–Trinajstić information content (AvgIpc) is 2.97. The van der Waals surface area contributed by atoms with Gasteiger partial charge in [-0.1, -0.05) is 50.4 Å². The van der Waals surface area contributed by atoms with Crippen molar-refractivity contribution < 1.29 is 42.5 Å². The molecule has 8 nitrogen and oxygen atoms in total. The van der Waals surface area contributed by atoms with E-state index in [9.17, 15) is 14.4 Å². The summed E-state index contributed by atoms with van der Waals surface area (Å²) in [5.74, 6) is -0.775. The van der Waals surface area contributed by atoms with E-state index in [0.717, 1.165) is 0 Å². The van der Waals surface area contributed by atoms with Crippen molar-refractivity contribution in [3.05, 3.63) is 90.8 Å². The Morgan fingerprint density at radius 1 is 0.690 bits per heavy atom. The second-order valence-electron chi connectivity index (χ2n) is 9.24. The van der Waals surface area contributed by atoms with Gasteiger partial charge < -0.3 is 23.7 Å². The molecule has 0 N–H and O–H groups in total. The minimum absolute atomic E-state index is 0.00218. The number of halogens is 1. The maximum absolute atomic E-state index is 15.2. The summed E-state index contributed by atoms with van der Waals surface area (Å²) in [6.07, 6.45) is 0.255.